The number of carbonyl (C=O) groups excluding carboxylic acids is 2. The Balaban J connectivity index is 2.86. The van der Waals surface area contributed by atoms with Crippen molar-refractivity contribution >= 4 is 11.6 Å². The molecule has 0 heterocycles. The fourth-order valence-corrected chi connectivity index (χ4v) is 1.87. The first kappa shape index (κ1) is 10.4. The van der Waals surface area contributed by atoms with E-state index in [0.717, 1.165) is 12.8 Å². The van der Waals surface area contributed by atoms with Crippen LogP contribution in [-0.4, -0.2) is 23.8 Å². The Hall–Kier alpha value is -0.700. The molecule has 1 saturated carbocycles. The molecule has 13 heavy (non-hydrogen) atoms. The van der Waals surface area contributed by atoms with Gasteiger partial charge in [-0.25, -0.2) is 0 Å². The Labute approximate surface area is 78.5 Å². The monoisotopic (exact) mass is 184 g/mol. The first-order valence-electron chi connectivity index (χ1n) is 4.82. The molecule has 1 fully saturated rings. The van der Waals surface area contributed by atoms with Crippen LogP contribution in [0.2, 0.25) is 0 Å². The molecule has 0 radical (unpaired) electrons. The first-order chi connectivity index (χ1) is 6.13. The topological polar surface area (TPSA) is 43.4 Å². The minimum Gasteiger partial charge on any atom is -0.360 e. The van der Waals surface area contributed by atoms with Gasteiger partial charge in [-0.1, -0.05) is 0 Å². The van der Waals surface area contributed by atoms with Gasteiger partial charge in [0.25, 0.3) is 0 Å². The summed E-state index contributed by atoms with van der Waals surface area (Å²) in [7, 11) is 0. The SMILES string of the molecule is CCOC1(C(C)=O)CCCCC1=O. The van der Waals surface area contributed by atoms with E-state index in [2.05, 4.69) is 0 Å². The van der Waals surface area contributed by atoms with Crippen molar-refractivity contribution in [3.8, 4) is 0 Å². The van der Waals surface area contributed by atoms with Crippen LogP contribution in [-0.2, 0) is 14.3 Å². The van der Waals surface area contributed by atoms with E-state index in [1.165, 1.54) is 6.92 Å². The highest BCUT2D eigenvalue weighted by Crippen LogP contribution is 2.29. The van der Waals surface area contributed by atoms with Gasteiger partial charge < -0.3 is 4.74 Å². The van der Waals surface area contributed by atoms with Crippen LogP contribution in [0.25, 0.3) is 0 Å². The van der Waals surface area contributed by atoms with Crippen molar-refractivity contribution in [3.05, 3.63) is 0 Å². The van der Waals surface area contributed by atoms with Crippen molar-refractivity contribution in [2.45, 2.75) is 45.1 Å². The van der Waals surface area contributed by atoms with Crippen LogP contribution in [0, 0.1) is 0 Å². The lowest BCUT2D eigenvalue weighted by Crippen LogP contribution is -2.49. The van der Waals surface area contributed by atoms with E-state index in [9.17, 15) is 9.59 Å². The van der Waals surface area contributed by atoms with Gasteiger partial charge in [0.2, 0.25) is 0 Å². The molecule has 0 aromatic rings. The molecule has 74 valence electrons. The van der Waals surface area contributed by atoms with Crippen LogP contribution < -0.4 is 0 Å². The summed E-state index contributed by atoms with van der Waals surface area (Å²) in [6, 6.07) is 0. The molecule has 3 nitrogen and oxygen atoms in total. The number of hydrogen-bond acceptors (Lipinski definition) is 3. The molecule has 0 N–H and O–H groups in total. The number of ether oxygens (including phenoxy) is 1. The summed E-state index contributed by atoms with van der Waals surface area (Å²) in [6.45, 7) is 3.68. The molecule has 1 rings (SSSR count). The van der Waals surface area contributed by atoms with Gasteiger partial charge in [0.05, 0.1) is 0 Å². The lowest BCUT2D eigenvalue weighted by atomic mass is 9.81. The Bertz CT molecular complexity index is 218. The molecule has 1 unspecified atom stereocenters. The third kappa shape index (κ3) is 1.80. The third-order valence-electron chi connectivity index (χ3n) is 2.59. The largest absolute Gasteiger partial charge is 0.360 e. The van der Waals surface area contributed by atoms with Crippen LogP contribution in [0.3, 0.4) is 0 Å². The number of ketones is 2. The molecule has 0 aromatic heterocycles. The Morgan fingerprint density at radius 3 is 2.69 bits per heavy atom. The lowest BCUT2D eigenvalue weighted by molar-refractivity contribution is -0.160. The molecule has 0 aliphatic heterocycles. The van der Waals surface area contributed by atoms with Crippen LogP contribution in [0.5, 0.6) is 0 Å². The van der Waals surface area contributed by atoms with E-state index in [0.29, 0.717) is 19.4 Å². The highest BCUT2D eigenvalue weighted by molar-refractivity contribution is 6.09. The van der Waals surface area contributed by atoms with Crippen molar-refractivity contribution < 1.29 is 14.3 Å². The van der Waals surface area contributed by atoms with Crippen molar-refractivity contribution in [3.63, 3.8) is 0 Å². The molecule has 1 aliphatic carbocycles. The molecule has 1 aliphatic rings. The van der Waals surface area contributed by atoms with E-state index in [1.54, 1.807) is 0 Å². The maximum absolute atomic E-state index is 11.6. The fourth-order valence-electron chi connectivity index (χ4n) is 1.87. The minimum atomic E-state index is -1.09. The Kier molecular flexibility index (Phi) is 3.20. The quantitative estimate of drug-likeness (QED) is 0.624. The minimum absolute atomic E-state index is 0.0342. The zero-order valence-corrected chi connectivity index (χ0v) is 8.26. The molecular weight excluding hydrogens is 168 g/mol. The summed E-state index contributed by atoms with van der Waals surface area (Å²) in [5, 5.41) is 0. The summed E-state index contributed by atoms with van der Waals surface area (Å²) in [5.41, 5.74) is -1.09. The molecule has 0 saturated heterocycles. The maximum atomic E-state index is 11.6. The Morgan fingerprint density at radius 2 is 2.23 bits per heavy atom. The van der Waals surface area contributed by atoms with Crippen molar-refractivity contribution in [2.75, 3.05) is 6.61 Å². The first-order valence-corrected chi connectivity index (χ1v) is 4.82. The highest BCUT2D eigenvalue weighted by atomic mass is 16.5. The van der Waals surface area contributed by atoms with Gasteiger partial charge in [-0.05, 0) is 33.1 Å². The predicted molar refractivity (Wildman–Crippen MR) is 48.5 cm³/mol. The molecule has 0 amide bonds. The van der Waals surface area contributed by atoms with Gasteiger partial charge in [0, 0.05) is 13.0 Å². The molecule has 0 bridgehead atoms. The zero-order valence-electron chi connectivity index (χ0n) is 8.26. The second-order valence-electron chi connectivity index (χ2n) is 3.45. The molecular formula is C10H16O3. The molecule has 0 aromatic carbocycles. The number of hydrogen-bond donors (Lipinski definition) is 0. The van der Waals surface area contributed by atoms with Gasteiger partial charge >= 0.3 is 0 Å². The van der Waals surface area contributed by atoms with E-state index in [-0.39, 0.29) is 11.6 Å². The predicted octanol–water partition coefficient (Wildman–Crippen LogP) is 1.49. The zero-order chi connectivity index (χ0) is 9.90. The van der Waals surface area contributed by atoms with Gasteiger partial charge in [-0.15, -0.1) is 0 Å². The van der Waals surface area contributed by atoms with Gasteiger partial charge in [-0.2, -0.15) is 0 Å². The summed E-state index contributed by atoms with van der Waals surface area (Å²) in [5.74, 6) is -0.174. The van der Waals surface area contributed by atoms with Crippen molar-refractivity contribution in [1.82, 2.24) is 0 Å². The highest BCUT2D eigenvalue weighted by Gasteiger charge is 2.44. The third-order valence-corrected chi connectivity index (χ3v) is 2.59. The fraction of sp³-hybridized carbons (Fsp3) is 0.800. The summed E-state index contributed by atoms with van der Waals surface area (Å²) < 4.78 is 5.35. The van der Waals surface area contributed by atoms with Crippen LogP contribution in [0.1, 0.15) is 39.5 Å². The van der Waals surface area contributed by atoms with Crippen molar-refractivity contribution in [1.29, 1.82) is 0 Å². The van der Waals surface area contributed by atoms with Gasteiger partial charge in [0.15, 0.2) is 17.2 Å². The normalized spacial score (nSPS) is 28.9. The number of Topliss-reactive ketones (excluding diaryl/α,β-unsaturated/α-hetero) is 2. The second-order valence-corrected chi connectivity index (χ2v) is 3.45. The van der Waals surface area contributed by atoms with Crippen molar-refractivity contribution in [2.24, 2.45) is 0 Å². The van der Waals surface area contributed by atoms with Crippen LogP contribution in [0.4, 0.5) is 0 Å². The van der Waals surface area contributed by atoms with E-state index < -0.39 is 5.60 Å². The summed E-state index contributed by atoms with van der Waals surface area (Å²) in [4.78, 5) is 23.0. The smallest absolute Gasteiger partial charge is 0.183 e. The van der Waals surface area contributed by atoms with E-state index in [4.69, 9.17) is 4.74 Å². The van der Waals surface area contributed by atoms with Gasteiger partial charge in [0.1, 0.15) is 0 Å². The number of rotatable bonds is 3. The Morgan fingerprint density at radius 1 is 1.54 bits per heavy atom. The average Bonchev–Trinajstić information content (AvgIpc) is 2.09. The standard InChI is InChI=1S/C10H16O3/c1-3-13-10(8(2)11)7-5-4-6-9(10)12/h3-7H2,1-2H3. The number of carbonyl (C=O) groups is 2. The summed E-state index contributed by atoms with van der Waals surface area (Å²) in [6.07, 6.45) is 2.85. The average molecular weight is 184 g/mol. The summed E-state index contributed by atoms with van der Waals surface area (Å²) >= 11 is 0. The molecule has 3 heteroatoms. The molecule has 0 spiro atoms. The van der Waals surface area contributed by atoms with E-state index in [1.807, 2.05) is 6.92 Å². The molecule has 1 atom stereocenters. The lowest BCUT2D eigenvalue weighted by Gasteiger charge is -2.32. The van der Waals surface area contributed by atoms with Crippen LogP contribution in [0.15, 0.2) is 0 Å². The van der Waals surface area contributed by atoms with Gasteiger partial charge in [-0.3, -0.25) is 9.59 Å². The van der Waals surface area contributed by atoms with E-state index >= 15 is 0 Å². The van der Waals surface area contributed by atoms with Crippen LogP contribution >= 0.6 is 0 Å². The second kappa shape index (κ2) is 4.01. The maximum Gasteiger partial charge on any atom is 0.183 e.